The van der Waals surface area contributed by atoms with Crippen LogP contribution in [-0.2, 0) is 4.74 Å². The van der Waals surface area contributed by atoms with Crippen LogP contribution in [0.5, 0.6) is 0 Å². The summed E-state index contributed by atoms with van der Waals surface area (Å²) in [6.45, 7) is 5.80. The van der Waals surface area contributed by atoms with Crippen molar-refractivity contribution >= 4 is 0 Å². The average molecular weight is 117 g/mol. The molecule has 1 aliphatic rings. The highest BCUT2D eigenvalue weighted by Crippen LogP contribution is 1.96. The second-order valence-corrected chi connectivity index (χ2v) is 1.52. The molecular weight excluding hydrogens is 102 g/mol. The van der Waals surface area contributed by atoms with Crippen LogP contribution < -0.4 is 5.32 Å². The zero-order chi connectivity index (χ0) is 6.41. The maximum Gasteiger partial charge on any atom is 0.0642 e. The fraction of sp³-hybridized carbons (Fsp3) is 1.00. The highest BCUT2D eigenvalue weighted by Gasteiger charge is 2.13. The van der Waals surface area contributed by atoms with E-state index in [2.05, 4.69) is 5.32 Å². The van der Waals surface area contributed by atoms with Crippen molar-refractivity contribution in [2.75, 3.05) is 20.3 Å². The van der Waals surface area contributed by atoms with Gasteiger partial charge >= 0.3 is 0 Å². The van der Waals surface area contributed by atoms with Gasteiger partial charge < -0.3 is 10.1 Å². The van der Waals surface area contributed by atoms with E-state index in [1.807, 2.05) is 20.9 Å². The molecule has 0 aromatic heterocycles. The molecule has 1 aliphatic heterocycles. The fourth-order valence-electron chi connectivity index (χ4n) is 0.402. The standard InChI is InChI=1S/C4H9NO.C2H6/c1-5-4-2-6-3-4;1-2/h4-5H,2-3H2,1H3;1-2H3. The minimum Gasteiger partial charge on any atom is -0.378 e. The number of ether oxygens (including phenoxy) is 1. The number of rotatable bonds is 1. The molecule has 1 rings (SSSR count). The van der Waals surface area contributed by atoms with Crippen LogP contribution in [0, 0.1) is 0 Å². The predicted molar refractivity (Wildman–Crippen MR) is 35.0 cm³/mol. The van der Waals surface area contributed by atoms with Gasteiger partial charge in [-0.2, -0.15) is 0 Å². The van der Waals surface area contributed by atoms with Crippen molar-refractivity contribution in [1.82, 2.24) is 5.32 Å². The number of likely N-dealkylation sites (N-methyl/N-ethyl adjacent to an activating group) is 1. The Morgan fingerprint density at radius 3 is 1.88 bits per heavy atom. The van der Waals surface area contributed by atoms with Gasteiger partial charge in [-0.05, 0) is 7.05 Å². The Bertz CT molecular complexity index is 41.0. The molecule has 1 heterocycles. The van der Waals surface area contributed by atoms with Crippen molar-refractivity contribution in [2.45, 2.75) is 19.9 Å². The van der Waals surface area contributed by atoms with Crippen LogP contribution >= 0.6 is 0 Å². The zero-order valence-corrected chi connectivity index (χ0v) is 5.90. The lowest BCUT2D eigenvalue weighted by Gasteiger charge is -2.24. The molecule has 0 saturated carbocycles. The molecule has 2 heteroatoms. The number of hydrogen-bond acceptors (Lipinski definition) is 2. The predicted octanol–water partition coefficient (Wildman–Crippen LogP) is 0.631. The number of nitrogens with one attached hydrogen (secondary N) is 1. The molecule has 0 aromatic rings. The molecule has 2 nitrogen and oxygen atoms in total. The van der Waals surface area contributed by atoms with Gasteiger partial charge in [0.2, 0.25) is 0 Å². The van der Waals surface area contributed by atoms with Crippen LogP contribution in [0.15, 0.2) is 0 Å². The van der Waals surface area contributed by atoms with E-state index >= 15 is 0 Å². The minimum absolute atomic E-state index is 0.644. The van der Waals surface area contributed by atoms with Crippen molar-refractivity contribution in [3.63, 3.8) is 0 Å². The Hall–Kier alpha value is -0.0800. The van der Waals surface area contributed by atoms with Gasteiger partial charge in [0.15, 0.2) is 0 Å². The lowest BCUT2D eigenvalue weighted by molar-refractivity contribution is -0.00169. The lowest BCUT2D eigenvalue weighted by atomic mass is 10.3. The van der Waals surface area contributed by atoms with Crippen LogP contribution in [0.25, 0.3) is 0 Å². The van der Waals surface area contributed by atoms with E-state index in [0.717, 1.165) is 13.2 Å². The van der Waals surface area contributed by atoms with E-state index in [1.165, 1.54) is 0 Å². The molecule has 0 atom stereocenters. The molecule has 0 radical (unpaired) electrons. The van der Waals surface area contributed by atoms with E-state index in [4.69, 9.17) is 4.74 Å². The Balaban J connectivity index is 0.000000222. The Labute approximate surface area is 51.2 Å². The molecule has 0 aliphatic carbocycles. The van der Waals surface area contributed by atoms with Gasteiger partial charge in [-0.15, -0.1) is 0 Å². The van der Waals surface area contributed by atoms with Crippen molar-refractivity contribution in [3.05, 3.63) is 0 Å². The molecule has 0 unspecified atom stereocenters. The van der Waals surface area contributed by atoms with E-state index < -0.39 is 0 Å². The molecule has 50 valence electrons. The minimum atomic E-state index is 0.644. The van der Waals surface area contributed by atoms with Crippen LogP contribution in [-0.4, -0.2) is 26.3 Å². The van der Waals surface area contributed by atoms with Crippen LogP contribution in [0.2, 0.25) is 0 Å². The SMILES string of the molecule is CC.CNC1COC1. The summed E-state index contributed by atoms with van der Waals surface area (Å²) in [5.74, 6) is 0. The van der Waals surface area contributed by atoms with Gasteiger partial charge in [0.25, 0.3) is 0 Å². The highest BCUT2D eigenvalue weighted by atomic mass is 16.5. The van der Waals surface area contributed by atoms with Crippen molar-refractivity contribution < 1.29 is 4.74 Å². The maximum atomic E-state index is 4.86. The Morgan fingerprint density at radius 2 is 1.88 bits per heavy atom. The van der Waals surface area contributed by atoms with E-state index in [0.29, 0.717) is 6.04 Å². The summed E-state index contributed by atoms with van der Waals surface area (Å²) in [4.78, 5) is 0. The Kier molecular flexibility index (Phi) is 5.01. The third-order valence-corrected chi connectivity index (χ3v) is 1.05. The van der Waals surface area contributed by atoms with Crippen LogP contribution in [0.4, 0.5) is 0 Å². The topological polar surface area (TPSA) is 21.3 Å². The van der Waals surface area contributed by atoms with Gasteiger partial charge in [0.1, 0.15) is 0 Å². The second-order valence-electron chi connectivity index (χ2n) is 1.52. The second kappa shape index (κ2) is 5.06. The van der Waals surface area contributed by atoms with Crippen molar-refractivity contribution in [1.29, 1.82) is 0 Å². The fourth-order valence-corrected chi connectivity index (χ4v) is 0.402. The van der Waals surface area contributed by atoms with Gasteiger partial charge in [0.05, 0.1) is 19.3 Å². The van der Waals surface area contributed by atoms with Gasteiger partial charge in [-0.25, -0.2) is 0 Å². The summed E-state index contributed by atoms with van der Waals surface area (Å²) in [5.41, 5.74) is 0. The first-order valence-corrected chi connectivity index (χ1v) is 3.18. The molecule has 0 bridgehead atoms. The monoisotopic (exact) mass is 117 g/mol. The molecule has 0 spiro atoms. The smallest absolute Gasteiger partial charge is 0.0642 e. The molecular formula is C6H15NO. The lowest BCUT2D eigenvalue weighted by Crippen LogP contribution is -2.43. The van der Waals surface area contributed by atoms with Crippen molar-refractivity contribution in [2.24, 2.45) is 0 Å². The van der Waals surface area contributed by atoms with Crippen LogP contribution in [0.3, 0.4) is 0 Å². The quantitative estimate of drug-likeness (QED) is 0.544. The van der Waals surface area contributed by atoms with Gasteiger partial charge in [-0.3, -0.25) is 0 Å². The van der Waals surface area contributed by atoms with E-state index in [-0.39, 0.29) is 0 Å². The first-order chi connectivity index (χ1) is 3.93. The molecule has 1 N–H and O–H groups in total. The first-order valence-electron chi connectivity index (χ1n) is 3.18. The van der Waals surface area contributed by atoms with Gasteiger partial charge in [0, 0.05) is 0 Å². The largest absolute Gasteiger partial charge is 0.378 e. The molecule has 0 aromatic carbocycles. The molecule has 1 fully saturated rings. The third kappa shape index (κ3) is 2.28. The third-order valence-electron chi connectivity index (χ3n) is 1.05. The maximum absolute atomic E-state index is 4.86. The summed E-state index contributed by atoms with van der Waals surface area (Å²) >= 11 is 0. The number of hydrogen-bond donors (Lipinski definition) is 1. The van der Waals surface area contributed by atoms with Crippen LogP contribution in [0.1, 0.15) is 13.8 Å². The normalized spacial score (nSPS) is 18.4. The Morgan fingerprint density at radius 1 is 1.38 bits per heavy atom. The van der Waals surface area contributed by atoms with E-state index in [1.54, 1.807) is 0 Å². The van der Waals surface area contributed by atoms with Crippen molar-refractivity contribution in [3.8, 4) is 0 Å². The first kappa shape index (κ1) is 7.92. The summed E-state index contributed by atoms with van der Waals surface area (Å²) in [6.07, 6.45) is 0. The summed E-state index contributed by atoms with van der Waals surface area (Å²) in [6, 6.07) is 0.644. The summed E-state index contributed by atoms with van der Waals surface area (Å²) in [5, 5.41) is 3.08. The van der Waals surface area contributed by atoms with Gasteiger partial charge in [-0.1, -0.05) is 13.8 Å². The molecule has 8 heavy (non-hydrogen) atoms. The highest BCUT2D eigenvalue weighted by molar-refractivity contribution is 4.69. The average Bonchev–Trinajstić information content (AvgIpc) is 1.69. The zero-order valence-electron chi connectivity index (χ0n) is 5.90. The van der Waals surface area contributed by atoms with E-state index in [9.17, 15) is 0 Å². The molecule has 0 amide bonds. The molecule has 1 saturated heterocycles. The summed E-state index contributed by atoms with van der Waals surface area (Å²) in [7, 11) is 1.95. The summed E-state index contributed by atoms with van der Waals surface area (Å²) < 4.78 is 4.86.